The standard InChI is InChI=1S/C35H39ClFN3O2S/c36-30-13-12-29(37)22-28(30)24-40-31-23-27(11-14-33(31)43-34-10-4-5-18-39(34)35(40)42)32(41)9-6-17-38-19-15-26(16-20-38)21-25-7-2-1-3-8-25/h1-3,7-8,11-14,22-23,26,34H,4-6,9-10,15-21,24H2/t34-/m0/s1. The third kappa shape index (κ3) is 7.27. The number of ketones is 1. The van der Waals surface area contributed by atoms with Crippen molar-refractivity contribution >= 4 is 40.9 Å². The molecular formula is C35H39ClFN3O2S. The first-order chi connectivity index (χ1) is 20.9. The number of hydrogen-bond acceptors (Lipinski definition) is 4. The maximum atomic E-state index is 14.1. The SMILES string of the molecule is O=C(CCCN1CCC(Cc2ccccc2)CC1)c1ccc2c(c1)N(Cc1cc(F)ccc1Cl)C(=O)N1CCCC[C@@H]1S2. The van der Waals surface area contributed by atoms with E-state index in [0.717, 1.165) is 62.6 Å². The number of hydrogen-bond donors (Lipinski definition) is 0. The number of carbonyl (C=O) groups is 2. The van der Waals surface area contributed by atoms with Gasteiger partial charge in [0.2, 0.25) is 0 Å². The van der Waals surface area contributed by atoms with Crippen molar-refractivity contribution < 1.29 is 14.0 Å². The van der Waals surface area contributed by atoms with Gasteiger partial charge in [-0.15, -0.1) is 0 Å². The van der Waals surface area contributed by atoms with E-state index in [0.29, 0.717) is 34.8 Å². The predicted octanol–water partition coefficient (Wildman–Crippen LogP) is 8.44. The van der Waals surface area contributed by atoms with Gasteiger partial charge in [0.05, 0.1) is 17.6 Å². The summed E-state index contributed by atoms with van der Waals surface area (Å²) in [6, 6.07) is 20.6. The van der Waals surface area contributed by atoms with Gasteiger partial charge in [-0.2, -0.15) is 0 Å². The van der Waals surface area contributed by atoms with E-state index >= 15 is 0 Å². The van der Waals surface area contributed by atoms with Crippen LogP contribution in [-0.4, -0.2) is 53.2 Å². The summed E-state index contributed by atoms with van der Waals surface area (Å²) >= 11 is 8.12. The van der Waals surface area contributed by atoms with Crippen molar-refractivity contribution in [3.05, 3.63) is 94.3 Å². The van der Waals surface area contributed by atoms with Gasteiger partial charge in [-0.05, 0) is 112 Å². The van der Waals surface area contributed by atoms with E-state index in [1.165, 1.54) is 36.6 Å². The zero-order valence-electron chi connectivity index (χ0n) is 24.5. The number of carbonyl (C=O) groups excluding carboxylic acids is 2. The number of piperidine rings is 2. The second-order valence-corrected chi connectivity index (χ2v) is 13.7. The third-order valence-electron chi connectivity index (χ3n) is 9.05. The fourth-order valence-corrected chi connectivity index (χ4v) is 8.12. The number of likely N-dealkylation sites (tertiary alicyclic amines) is 1. The second kappa shape index (κ2) is 13.8. The van der Waals surface area contributed by atoms with E-state index in [1.54, 1.807) is 16.7 Å². The molecule has 5 nitrogen and oxygen atoms in total. The molecule has 1 atom stereocenters. The zero-order chi connectivity index (χ0) is 29.8. The van der Waals surface area contributed by atoms with Gasteiger partial charge in [-0.1, -0.05) is 59.8 Å². The minimum Gasteiger partial charge on any atom is -0.312 e. The number of thioether (sulfide) groups is 1. The highest BCUT2D eigenvalue weighted by atomic mass is 35.5. The van der Waals surface area contributed by atoms with Crippen molar-refractivity contribution in [2.45, 2.75) is 68.2 Å². The Hall–Kier alpha value is -2.87. The molecule has 0 aliphatic carbocycles. The normalized spacial score (nSPS) is 19.6. The number of anilines is 1. The first-order valence-corrected chi connectivity index (χ1v) is 16.8. The molecule has 2 amide bonds. The van der Waals surface area contributed by atoms with Gasteiger partial charge in [0.1, 0.15) is 5.82 Å². The lowest BCUT2D eigenvalue weighted by Gasteiger charge is -2.35. The molecule has 3 heterocycles. The molecule has 0 N–H and O–H groups in total. The van der Waals surface area contributed by atoms with Crippen LogP contribution in [0, 0.1) is 11.7 Å². The molecule has 3 aromatic rings. The zero-order valence-corrected chi connectivity index (χ0v) is 26.1. The summed E-state index contributed by atoms with van der Waals surface area (Å²) in [5.41, 5.74) is 3.28. The van der Waals surface area contributed by atoms with Gasteiger partial charge >= 0.3 is 6.03 Å². The molecular weight excluding hydrogens is 581 g/mol. The van der Waals surface area contributed by atoms with Crippen molar-refractivity contribution in [1.82, 2.24) is 9.80 Å². The van der Waals surface area contributed by atoms with Gasteiger partial charge in [-0.3, -0.25) is 9.69 Å². The summed E-state index contributed by atoms with van der Waals surface area (Å²) in [5, 5.41) is 0.463. The highest BCUT2D eigenvalue weighted by Gasteiger charge is 2.36. The predicted molar refractivity (Wildman–Crippen MR) is 173 cm³/mol. The Labute approximate surface area is 263 Å². The molecule has 2 fully saturated rings. The van der Waals surface area contributed by atoms with E-state index in [4.69, 9.17) is 11.6 Å². The lowest BCUT2D eigenvalue weighted by Crippen LogP contribution is -2.47. The van der Waals surface area contributed by atoms with Crippen molar-refractivity contribution in [3.63, 3.8) is 0 Å². The molecule has 0 radical (unpaired) electrons. The lowest BCUT2D eigenvalue weighted by molar-refractivity contribution is 0.0970. The summed E-state index contributed by atoms with van der Waals surface area (Å²) in [4.78, 5) is 34.4. The van der Waals surface area contributed by atoms with Gasteiger partial charge in [0.15, 0.2) is 5.78 Å². The van der Waals surface area contributed by atoms with Crippen molar-refractivity contribution in [3.8, 4) is 0 Å². The van der Waals surface area contributed by atoms with Crippen molar-refractivity contribution in [1.29, 1.82) is 0 Å². The number of fused-ring (bicyclic) bond motifs is 2. The first-order valence-electron chi connectivity index (χ1n) is 15.6. The molecule has 0 unspecified atom stereocenters. The summed E-state index contributed by atoms with van der Waals surface area (Å²) < 4.78 is 14.1. The van der Waals surface area contributed by atoms with Crippen LogP contribution < -0.4 is 4.90 Å². The Bertz CT molecular complexity index is 1450. The van der Waals surface area contributed by atoms with Gasteiger partial charge < -0.3 is 9.80 Å². The van der Waals surface area contributed by atoms with Crippen molar-refractivity contribution in [2.24, 2.45) is 5.92 Å². The van der Waals surface area contributed by atoms with E-state index < -0.39 is 5.82 Å². The fourth-order valence-electron chi connectivity index (χ4n) is 6.61. The van der Waals surface area contributed by atoms with Crippen LogP contribution in [0.4, 0.5) is 14.9 Å². The molecule has 2 saturated heterocycles. The molecule has 3 aliphatic rings. The minimum atomic E-state index is -0.392. The topological polar surface area (TPSA) is 43.9 Å². The summed E-state index contributed by atoms with van der Waals surface area (Å²) in [6.45, 7) is 3.92. The average molecular weight is 620 g/mol. The number of Topliss-reactive ketones (excluding diaryl/α,β-unsaturated/α-hetero) is 1. The minimum absolute atomic E-state index is 0.0476. The average Bonchev–Trinajstić information content (AvgIpc) is 3.14. The van der Waals surface area contributed by atoms with Crippen LogP contribution in [-0.2, 0) is 13.0 Å². The summed E-state index contributed by atoms with van der Waals surface area (Å²) in [6.07, 6.45) is 7.78. The highest BCUT2D eigenvalue weighted by Crippen LogP contribution is 2.43. The van der Waals surface area contributed by atoms with Crippen LogP contribution in [0.1, 0.15) is 66.4 Å². The maximum Gasteiger partial charge on any atom is 0.325 e. The molecule has 6 rings (SSSR count). The molecule has 8 heteroatoms. The van der Waals surface area contributed by atoms with E-state index in [2.05, 4.69) is 35.2 Å². The maximum absolute atomic E-state index is 14.1. The third-order valence-corrected chi connectivity index (χ3v) is 10.8. The summed E-state index contributed by atoms with van der Waals surface area (Å²) in [7, 11) is 0. The van der Waals surface area contributed by atoms with Gasteiger partial charge in [-0.25, -0.2) is 9.18 Å². The first kappa shape index (κ1) is 30.2. The lowest BCUT2D eigenvalue weighted by atomic mass is 9.90. The summed E-state index contributed by atoms with van der Waals surface area (Å²) in [5.74, 6) is 0.423. The molecule has 0 aromatic heterocycles. The Kier molecular flexibility index (Phi) is 9.71. The number of urea groups is 1. The second-order valence-electron chi connectivity index (χ2n) is 12.1. The van der Waals surface area contributed by atoms with Crippen molar-refractivity contribution in [2.75, 3.05) is 31.1 Å². The number of nitrogens with zero attached hydrogens (tertiary/aromatic N) is 3. The molecule has 0 spiro atoms. The number of rotatable bonds is 9. The Balaban J connectivity index is 1.11. The molecule has 43 heavy (non-hydrogen) atoms. The van der Waals surface area contributed by atoms with Gasteiger partial charge in [0.25, 0.3) is 0 Å². The highest BCUT2D eigenvalue weighted by molar-refractivity contribution is 8.00. The Morgan fingerprint density at radius 1 is 0.953 bits per heavy atom. The molecule has 3 aliphatic heterocycles. The van der Waals surface area contributed by atoms with E-state index in [9.17, 15) is 14.0 Å². The van der Waals surface area contributed by atoms with Crippen LogP contribution in [0.25, 0.3) is 0 Å². The monoisotopic (exact) mass is 619 g/mol. The van der Waals surface area contributed by atoms with Crippen LogP contribution >= 0.6 is 23.4 Å². The van der Waals surface area contributed by atoms with Gasteiger partial charge in [0, 0.05) is 28.4 Å². The number of amides is 2. The number of benzene rings is 3. The van der Waals surface area contributed by atoms with E-state index in [-0.39, 0.29) is 23.7 Å². The van der Waals surface area contributed by atoms with Crippen LogP contribution in [0.5, 0.6) is 0 Å². The molecule has 3 aromatic carbocycles. The molecule has 226 valence electrons. The number of halogens is 2. The van der Waals surface area contributed by atoms with E-state index in [1.807, 2.05) is 23.1 Å². The Morgan fingerprint density at radius 2 is 1.77 bits per heavy atom. The van der Waals surface area contributed by atoms with Crippen LogP contribution in [0.15, 0.2) is 71.6 Å². The molecule has 0 saturated carbocycles. The largest absolute Gasteiger partial charge is 0.325 e. The quantitative estimate of drug-likeness (QED) is 0.226. The molecule has 0 bridgehead atoms. The smallest absolute Gasteiger partial charge is 0.312 e. The fraction of sp³-hybridized carbons (Fsp3) is 0.429. The van der Waals surface area contributed by atoms with Crippen LogP contribution in [0.3, 0.4) is 0 Å². The Morgan fingerprint density at radius 3 is 2.58 bits per heavy atom. The van der Waals surface area contributed by atoms with Crippen LogP contribution in [0.2, 0.25) is 5.02 Å².